The van der Waals surface area contributed by atoms with Crippen LogP contribution in [0.1, 0.15) is 65.7 Å². The van der Waals surface area contributed by atoms with Gasteiger partial charge in [0.25, 0.3) is 0 Å². The fourth-order valence-electron chi connectivity index (χ4n) is 3.89. The Morgan fingerprint density at radius 1 is 1.30 bits per heavy atom. The second-order valence-corrected chi connectivity index (χ2v) is 7.20. The summed E-state index contributed by atoms with van der Waals surface area (Å²) in [6, 6.07) is 0.596. The van der Waals surface area contributed by atoms with Gasteiger partial charge in [-0.05, 0) is 38.1 Å². The zero-order valence-corrected chi connectivity index (χ0v) is 13.6. The third-order valence-corrected chi connectivity index (χ3v) is 5.32. The molecule has 0 aromatic carbocycles. The van der Waals surface area contributed by atoms with Gasteiger partial charge in [-0.1, -0.05) is 40.0 Å². The van der Waals surface area contributed by atoms with Crippen LogP contribution in [0.3, 0.4) is 0 Å². The summed E-state index contributed by atoms with van der Waals surface area (Å²) in [6.45, 7) is 9.67. The van der Waals surface area contributed by atoms with Crippen LogP contribution in [-0.2, 0) is 4.79 Å². The van der Waals surface area contributed by atoms with Crippen LogP contribution in [-0.4, -0.2) is 36.5 Å². The average molecular weight is 280 g/mol. The van der Waals surface area contributed by atoms with Gasteiger partial charge in [0.2, 0.25) is 5.91 Å². The minimum absolute atomic E-state index is 0.0678. The zero-order valence-electron chi connectivity index (χ0n) is 13.6. The van der Waals surface area contributed by atoms with Crippen LogP contribution in [0.4, 0.5) is 0 Å². The lowest BCUT2D eigenvalue weighted by Crippen LogP contribution is -2.53. The minimum Gasteiger partial charge on any atom is -0.342 e. The van der Waals surface area contributed by atoms with E-state index in [1.807, 2.05) is 0 Å². The van der Waals surface area contributed by atoms with Crippen molar-refractivity contribution in [3.63, 3.8) is 0 Å². The lowest BCUT2D eigenvalue weighted by Gasteiger charge is -2.42. The van der Waals surface area contributed by atoms with Crippen molar-refractivity contribution in [2.75, 3.05) is 19.6 Å². The van der Waals surface area contributed by atoms with Crippen LogP contribution >= 0.6 is 0 Å². The smallest absolute Gasteiger partial charge is 0.228 e. The molecule has 1 heterocycles. The molecule has 1 saturated heterocycles. The van der Waals surface area contributed by atoms with Crippen LogP contribution in [0.15, 0.2) is 0 Å². The summed E-state index contributed by atoms with van der Waals surface area (Å²) in [5.41, 5.74) is -0.0678. The normalized spacial score (nSPS) is 30.2. The van der Waals surface area contributed by atoms with Crippen LogP contribution in [0.5, 0.6) is 0 Å². The molecule has 116 valence electrons. The fraction of sp³-hybridized carbons (Fsp3) is 0.941. The number of nitrogens with zero attached hydrogens (tertiary/aromatic N) is 1. The van der Waals surface area contributed by atoms with Gasteiger partial charge in [0.15, 0.2) is 0 Å². The number of amides is 1. The monoisotopic (exact) mass is 280 g/mol. The molecular weight excluding hydrogens is 248 g/mol. The lowest BCUT2D eigenvalue weighted by molar-refractivity contribution is -0.145. The van der Waals surface area contributed by atoms with E-state index in [2.05, 4.69) is 31.0 Å². The third-order valence-electron chi connectivity index (χ3n) is 5.32. The Hall–Kier alpha value is -0.570. The summed E-state index contributed by atoms with van der Waals surface area (Å²) in [6.07, 6.45) is 8.25. The van der Waals surface area contributed by atoms with Gasteiger partial charge in [-0.25, -0.2) is 0 Å². The first-order chi connectivity index (χ1) is 9.57. The van der Waals surface area contributed by atoms with Crippen molar-refractivity contribution in [2.24, 2.45) is 11.3 Å². The second kappa shape index (κ2) is 6.93. The summed E-state index contributed by atoms with van der Waals surface area (Å²) in [5.74, 6) is 1.00. The van der Waals surface area contributed by atoms with E-state index in [1.165, 1.54) is 25.7 Å². The van der Waals surface area contributed by atoms with Crippen molar-refractivity contribution in [1.29, 1.82) is 0 Å². The van der Waals surface area contributed by atoms with Gasteiger partial charge in [-0.15, -0.1) is 0 Å². The number of rotatable bonds is 4. The number of hydrogen-bond acceptors (Lipinski definition) is 2. The van der Waals surface area contributed by atoms with Crippen molar-refractivity contribution >= 4 is 5.91 Å². The molecule has 2 rings (SSSR count). The maximum Gasteiger partial charge on any atom is 0.228 e. The van der Waals surface area contributed by atoms with Crippen molar-refractivity contribution in [3.05, 3.63) is 0 Å². The van der Waals surface area contributed by atoms with Gasteiger partial charge in [-0.3, -0.25) is 4.79 Å². The molecule has 1 aliphatic carbocycles. The zero-order chi connectivity index (χ0) is 14.6. The molecule has 2 unspecified atom stereocenters. The highest BCUT2D eigenvalue weighted by atomic mass is 16.2. The number of nitrogens with one attached hydrogen (secondary N) is 1. The van der Waals surface area contributed by atoms with E-state index < -0.39 is 0 Å². The van der Waals surface area contributed by atoms with Crippen LogP contribution < -0.4 is 5.32 Å². The maximum absolute atomic E-state index is 12.8. The van der Waals surface area contributed by atoms with Crippen LogP contribution in [0, 0.1) is 11.3 Å². The van der Waals surface area contributed by atoms with Gasteiger partial charge in [0.1, 0.15) is 0 Å². The molecular formula is C17H32N2O. The highest BCUT2D eigenvalue weighted by Crippen LogP contribution is 2.38. The van der Waals surface area contributed by atoms with Crippen molar-refractivity contribution in [1.82, 2.24) is 10.2 Å². The molecule has 1 N–H and O–H groups in total. The van der Waals surface area contributed by atoms with Gasteiger partial charge < -0.3 is 10.2 Å². The Kier molecular flexibility index (Phi) is 5.48. The minimum atomic E-state index is -0.0678. The SMILES string of the molecule is CCCNC1CCN(C(=O)C2(C)CCCCC2)CC1C. The van der Waals surface area contributed by atoms with Gasteiger partial charge in [0.05, 0.1) is 0 Å². The second-order valence-electron chi connectivity index (χ2n) is 7.20. The molecule has 0 aromatic heterocycles. The highest BCUT2D eigenvalue weighted by Gasteiger charge is 2.39. The number of carbonyl (C=O) groups is 1. The molecule has 20 heavy (non-hydrogen) atoms. The molecule has 2 aliphatic rings. The first-order valence-electron chi connectivity index (χ1n) is 8.59. The van der Waals surface area contributed by atoms with E-state index in [4.69, 9.17) is 0 Å². The Morgan fingerprint density at radius 3 is 2.60 bits per heavy atom. The van der Waals surface area contributed by atoms with Crippen molar-refractivity contribution < 1.29 is 4.79 Å². The third kappa shape index (κ3) is 3.55. The summed E-state index contributed by atoms with van der Waals surface area (Å²) >= 11 is 0. The van der Waals surface area contributed by atoms with Gasteiger partial charge in [-0.2, -0.15) is 0 Å². The molecule has 1 aliphatic heterocycles. The predicted molar refractivity (Wildman–Crippen MR) is 83.6 cm³/mol. The standard InChI is InChI=1S/C17H32N2O/c1-4-11-18-15-8-12-19(13-14(15)2)16(20)17(3)9-6-5-7-10-17/h14-15,18H,4-13H2,1-3H3. The highest BCUT2D eigenvalue weighted by molar-refractivity contribution is 5.82. The number of carbonyl (C=O) groups excluding carboxylic acids is 1. The molecule has 0 aromatic rings. The van der Waals surface area contributed by atoms with Crippen LogP contribution in [0.25, 0.3) is 0 Å². The Labute approximate surface area is 124 Å². The Morgan fingerprint density at radius 2 is 2.00 bits per heavy atom. The van der Waals surface area contributed by atoms with E-state index in [1.54, 1.807) is 0 Å². The number of likely N-dealkylation sites (tertiary alicyclic amines) is 1. The predicted octanol–water partition coefficient (Wildman–Crippen LogP) is 3.19. The fourth-order valence-corrected chi connectivity index (χ4v) is 3.89. The first kappa shape index (κ1) is 15.8. The Balaban J connectivity index is 1.89. The molecule has 0 spiro atoms. The summed E-state index contributed by atoms with van der Waals surface area (Å²) in [7, 11) is 0. The lowest BCUT2D eigenvalue weighted by atomic mass is 9.74. The summed E-state index contributed by atoms with van der Waals surface area (Å²) in [5, 5.41) is 3.63. The molecule has 3 nitrogen and oxygen atoms in total. The van der Waals surface area contributed by atoms with Gasteiger partial charge >= 0.3 is 0 Å². The van der Waals surface area contributed by atoms with Gasteiger partial charge in [0, 0.05) is 24.5 Å². The molecule has 0 bridgehead atoms. The van der Waals surface area contributed by atoms with E-state index in [-0.39, 0.29) is 5.41 Å². The first-order valence-corrected chi connectivity index (χ1v) is 8.59. The molecule has 1 saturated carbocycles. The molecule has 3 heteroatoms. The number of hydrogen-bond donors (Lipinski definition) is 1. The molecule has 2 atom stereocenters. The molecule has 0 radical (unpaired) electrons. The molecule has 1 amide bonds. The average Bonchev–Trinajstić information content (AvgIpc) is 2.46. The quantitative estimate of drug-likeness (QED) is 0.857. The van der Waals surface area contributed by atoms with E-state index >= 15 is 0 Å². The number of piperidine rings is 1. The van der Waals surface area contributed by atoms with E-state index in [0.717, 1.165) is 38.9 Å². The topological polar surface area (TPSA) is 32.3 Å². The summed E-state index contributed by atoms with van der Waals surface area (Å²) < 4.78 is 0. The van der Waals surface area contributed by atoms with E-state index in [0.29, 0.717) is 17.9 Å². The van der Waals surface area contributed by atoms with Crippen molar-refractivity contribution in [2.45, 2.75) is 71.8 Å². The molecule has 2 fully saturated rings. The van der Waals surface area contributed by atoms with Crippen molar-refractivity contribution in [3.8, 4) is 0 Å². The largest absolute Gasteiger partial charge is 0.342 e. The van der Waals surface area contributed by atoms with Crippen LogP contribution in [0.2, 0.25) is 0 Å². The Bertz CT molecular complexity index is 323. The van der Waals surface area contributed by atoms with E-state index in [9.17, 15) is 4.79 Å². The maximum atomic E-state index is 12.8. The summed E-state index contributed by atoms with van der Waals surface area (Å²) in [4.78, 5) is 15.0.